The molecule has 2 N–H and O–H groups in total. The van der Waals surface area contributed by atoms with Gasteiger partial charge in [-0.3, -0.25) is 4.99 Å². The minimum atomic E-state index is 0.322. The lowest BCUT2D eigenvalue weighted by molar-refractivity contribution is 0.394. The third kappa shape index (κ3) is 5.26. The molecule has 32 heavy (non-hydrogen) atoms. The van der Waals surface area contributed by atoms with Crippen LogP contribution in [0.1, 0.15) is 37.3 Å². The fourth-order valence-corrected chi connectivity index (χ4v) is 4.50. The molecular weight excluding hydrogens is 406 g/mol. The summed E-state index contributed by atoms with van der Waals surface area (Å²) in [6, 6.07) is 6.33. The highest BCUT2D eigenvalue weighted by Crippen LogP contribution is 2.30. The van der Waals surface area contributed by atoms with E-state index in [0.29, 0.717) is 6.04 Å². The maximum absolute atomic E-state index is 5.42. The van der Waals surface area contributed by atoms with E-state index in [1.54, 1.807) is 14.2 Å². The molecule has 3 heterocycles. The Morgan fingerprint density at radius 3 is 2.66 bits per heavy atom. The molecule has 4 rings (SSSR count). The predicted octanol–water partition coefficient (Wildman–Crippen LogP) is 2.01. The summed E-state index contributed by atoms with van der Waals surface area (Å²) < 4.78 is 13.1. The number of hydrogen-bond acceptors (Lipinski definition) is 6. The van der Waals surface area contributed by atoms with Gasteiger partial charge in [-0.15, -0.1) is 10.2 Å². The molecule has 1 atom stereocenters. The number of anilines is 1. The molecule has 9 heteroatoms. The number of aryl methyl sites for hydroxylation is 1. The molecule has 1 unspecified atom stereocenters. The number of aliphatic imine (C=N–C) groups is 1. The summed E-state index contributed by atoms with van der Waals surface area (Å²) in [5.74, 6) is 4.65. The Bertz CT molecular complexity index is 905. The Labute approximate surface area is 190 Å². The number of nitrogens with one attached hydrogen (secondary N) is 2. The lowest BCUT2D eigenvalue weighted by Crippen LogP contribution is -2.45. The van der Waals surface area contributed by atoms with Crippen LogP contribution in [0.15, 0.2) is 23.2 Å². The second-order valence-corrected chi connectivity index (χ2v) is 8.39. The van der Waals surface area contributed by atoms with Crippen molar-refractivity contribution in [3.8, 4) is 11.5 Å². The zero-order valence-corrected chi connectivity index (χ0v) is 19.4. The first kappa shape index (κ1) is 22.2. The highest BCUT2D eigenvalue weighted by molar-refractivity contribution is 5.80. The molecule has 0 amide bonds. The van der Waals surface area contributed by atoms with Crippen molar-refractivity contribution in [3.63, 3.8) is 0 Å². The van der Waals surface area contributed by atoms with Gasteiger partial charge in [-0.25, -0.2) is 0 Å². The minimum absolute atomic E-state index is 0.322. The van der Waals surface area contributed by atoms with Crippen LogP contribution in [0.25, 0.3) is 0 Å². The van der Waals surface area contributed by atoms with E-state index in [1.165, 1.54) is 19.3 Å². The number of aromatic nitrogens is 3. The zero-order valence-electron chi connectivity index (χ0n) is 19.4. The SMILES string of the molecule is CN=C(NCCc1nnc2n1CCCCC2)NC1CCN(c2cc(OC)cc(OC)c2)C1. The first-order chi connectivity index (χ1) is 15.7. The number of nitrogens with zero attached hydrogens (tertiary/aromatic N) is 5. The third-order valence-electron chi connectivity index (χ3n) is 6.28. The van der Waals surface area contributed by atoms with Crippen LogP contribution >= 0.6 is 0 Å². The number of fused-ring (bicyclic) bond motifs is 1. The highest BCUT2D eigenvalue weighted by atomic mass is 16.5. The number of hydrogen-bond donors (Lipinski definition) is 2. The summed E-state index contributed by atoms with van der Waals surface area (Å²) >= 11 is 0. The quantitative estimate of drug-likeness (QED) is 0.502. The van der Waals surface area contributed by atoms with Gasteiger partial charge in [0.25, 0.3) is 0 Å². The van der Waals surface area contributed by atoms with Gasteiger partial charge in [0.2, 0.25) is 0 Å². The molecule has 2 aliphatic heterocycles. The summed E-state index contributed by atoms with van der Waals surface area (Å²) in [6.45, 7) is 3.69. The van der Waals surface area contributed by atoms with Crippen molar-refractivity contribution in [2.45, 2.75) is 51.1 Å². The Morgan fingerprint density at radius 2 is 1.91 bits per heavy atom. The second kappa shape index (κ2) is 10.6. The maximum atomic E-state index is 5.42. The molecule has 1 aromatic carbocycles. The molecule has 0 aliphatic carbocycles. The van der Waals surface area contributed by atoms with Crippen LogP contribution in [0, 0.1) is 0 Å². The minimum Gasteiger partial charge on any atom is -0.497 e. The van der Waals surface area contributed by atoms with Gasteiger partial charge < -0.3 is 29.6 Å². The molecule has 0 saturated carbocycles. The Balaban J connectivity index is 1.28. The van der Waals surface area contributed by atoms with Gasteiger partial charge in [0, 0.05) is 76.0 Å². The molecule has 1 aromatic heterocycles. The molecule has 1 fully saturated rings. The van der Waals surface area contributed by atoms with Gasteiger partial charge >= 0.3 is 0 Å². The molecular formula is C23H35N7O2. The normalized spacial score (nSPS) is 18.8. The molecule has 0 bridgehead atoms. The van der Waals surface area contributed by atoms with E-state index < -0.39 is 0 Å². The highest BCUT2D eigenvalue weighted by Gasteiger charge is 2.24. The number of guanidine groups is 1. The molecule has 9 nitrogen and oxygen atoms in total. The average Bonchev–Trinajstić information content (AvgIpc) is 3.38. The summed E-state index contributed by atoms with van der Waals surface area (Å²) in [5, 5.41) is 15.8. The van der Waals surface area contributed by atoms with Gasteiger partial charge in [0.1, 0.15) is 23.1 Å². The van der Waals surface area contributed by atoms with Crippen LogP contribution in [0.2, 0.25) is 0 Å². The topological polar surface area (TPSA) is 88.8 Å². The van der Waals surface area contributed by atoms with E-state index in [1.807, 2.05) is 13.1 Å². The summed E-state index contributed by atoms with van der Waals surface area (Å²) in [6.07, 6.45) is 6.63. The molecule has 1 saturated heterocycles. The maximum Gasteiger partial charge on any atom is 0.191 e. The summed E-state index contributed by atoms with van der Waals surface area (Å²) in [7, 11) is 5.18. The van der Waals surface area contributed by atoms with Crippen LogP contribution < -0.4 is 25.0 Å². The zero-order chi connectivity index (χ0) is 22.3. The van der Waals surface area contributed by atoms with Gasteiger partial charge in [0.15, 0.2) is 5.96 Å². The van der Waals surface area contributed by atoms with Crippen LogP contribution in [0.3, 0.4) is 0 Å². The third-order valence-corrected chi connectivity index (χ3v) is 6.28. The molecule has 174 valence electrons. The van der Waals surface area contributed by atoms with Crippen molar-refractivity contribution < 1.29 is 9.47 Å². The molecule has 2 aliphatic rings. The standard InChI is InChI=1S/C23H35N7O2/c1-24-23(25-10-8-22-28-27-21-7-5-4-6-11-30(21)22)26-17-9-12-29(16-17)18-13-19(31-2)15-20(14-18)32-3/h13-15,17H,4-12,16H2,1-3H3,(H2,24,25,26). The lowest BCUT2D eigenvalue weighted by Gasteiger charge is -2.21. The van der Waals surface area contributed by atoms with Crippen LogP contribution in [-0.4, -0.2) is 67.7 Å². The van der Waals surface area contributed by atoms with Crippen LogP contribution in [0.5, 0.6) is 11.5 Å². The van der Waals surface area contributed by atoms with E-state index >= 15 is 0 Å². The van der Waals surface area contributed by atoms with Gasteiger partial charge in [-0.05, 0) is 19.3 Å². The van der Waals surface area contributed by atoms with Gasteiger partial charge in [0.05, 0.1) is 14.2 Å². The Morgan fingerprint density at radius 1 is 1.09 bits per heavy atom. The predicted molar refractivity (Wildman–Crippen MR) is 126 cm³/mol. The van der Waals surface area contributed by atoms with E-state index in [4.69, 9.17) is 9.47 Å². The van der Waals surface area contributed by atoms with Crippen molar-refractivity contribution in [3.05, 3.63) is 29.8 Å². The lowest BCUT2D eigenvalue weighted by atomic mass is 10.2. The van der Waals surface area contributed by atoms with Crippen molar-refractivity contribution in [2.24, 2.45) is 4.99 Å². The monoisotopic (exact) mass is 441 g/mol. The number of rotatable bonds is 7. The van der Waals surface area contributed by atoms with Crippen molar-refractivity contribution >= 4 is 11.6 Å². The first-order valence-electron chi connectivity index (χ1n) is 11.6. The van der Waals surface area contributed by atoms with Gasteiger partial charge in [-0.2, -0.15) is 0 Å². The fourth-order valence-electron chi connectivity index (χ4n) is 4.50. The Hall–Kier alpha value is -2.97. The smallest absolute Gasteiger partial charge is 0.191 e. The first-order valence-corrected chi connectivity index (χ1v) is 11.6. The summed E-state index contributed by atoms with van der Waals surface area (Å²) in [5.41, 5.74) is 1.11. The van der Waals surface area contributed by atoms with Crippen molar-refractivity contribution in [1.82, 2.24) is 25.4 Å². The number of methoxy groups -OCH3 is 2. The van der Waals surface area contributed by atoms with Crippen molar-refractivity contribution in [1.29, 1.82) is 0 Å². The van der Waals surface area contributed by atoms with E-state index in [-0.39, 0.29) is 0 Å². The van der Waals surface area contributed by atoms with E-state index in [2.05, 4.69) is 47.4 Å². The van der Waals surface area contributed by atoms with E-state index in [0.717, 1.165) is 80.2 Å². The van der Waals surface area contributed by atoms with Gasteiger partial charge in [-0.1, -0.05) is 6.42 Å². The number of benzene rings is 1. The van der Waals surface area contributed by atoms with Crippen LogP contribution in [0.4, 0.5) is 5.69 Å². The fraction of sp³-hybridized carbons (Fsp3) is 0.609. The Kier molecular flexibility index (Phi) is 7.34. The van der Waals surface area contributed by atoms with Crippen molar-refractivity contribution in [2.75, 3.05) is 45.8 Å². The molecule has 0 radical (unpaired) electrons. The largest absolute Gasteiger partial charge is 0.497 e. The average molecular weight is 442 g/mol. The summed E-state index contributed by atoms with van der Waals surface area (Å²) in [4.78, 5) is 6.77. The molecule has 2 aromatic rings. The molecule has 0 spiro atoms. The second-order valence-electron chi connectivity index (χ2n) is 8.39. The number of ether oxygens (including phenoxy) is 2. The van der Waals surface area contributed by atoms with E-state index in [9.17, 15) is 0 Å². The van der Waals surface area contributed by atoms with Crippen LogP contribution in [-0.2, 0) is 19.4 Å².